The summed E-state index contributed by atoms with van der Waals surface area (Å²) in [5, 5.41) is 0. The number of ether oxygens (including phenoxy) is 2. The zero-order chi connectivity index (χ0) is 43.7. The van der Waals surface area contributed by atoms with E-state index in [1.54, 1.807) is 0 Å². The van der Waals surface area contributed by atoms with E-state index in [1.807, 2.05) is 0 Å². The molecule has 0 radical (unpaired) electrons. The predicted molar refractivity (Wildman–Crippen MR) is 232 cm³/mol. The highest BCUT2D eigenvalue weighted by Crippen LogP contribution is 2.43. The molecule has 0 aliphatic rings. The quantitative estimate of drug-likeness (QED) is 0.152. The summed E-state index contributed by atoms with van der Waals surface area (Å²) in [6.07, 6.45) is 0. The number of hydrogen-bond donors (Lipinski definition) is 0. The molecular formula is C46H54N6O8. The Morgan fingerprint density at radius 3 is 0.783 bits per heavy atom. The van der Waals surface area contributed by atoms with Gasteiger partial charge in [0.1, 0.15) is 0 Å². The largest absolute Gasteiger partial charge is 0.377 e. The maximum Gasteiger partial charge on any atom is 0.336 e. The lowest BCUT2D eigenvalue weighted by molar-refractivity contribution is 0.0404. The lowest BCUT2D eigenvalue weighted by Crippen LogP contribution is -2.53. The van der Waals surface area contributed by atoms with Crippen LogP contribution in [0.5, 0.6) is 0 Å². The zero-order valence-electron chi connectivity index (χ0n) is 35.6. The number of benzene rings is 4. The number of nitrogens with zero attached hydrogens (tertiary/aromatic N) is 6. The molecule has 0 aliphatic carbocycles. The van der Waals surface area contributed by atoms with Crippen LogP contribution < -0.4 is 34.1 Å². The van der Waals surface area contributed by atoms with E-state index >= 15 is 0 Å². The van der Waals surface area contributed by atoms with Crippen LogP contribution in [0.2, 0.25) is 0 Å². The molecule has 0 saturated heterocycles. The molecule has 0 aliphatic heterocycles. The van der Waals surface area contributed by atoms with Gasteiger partial charge in [-0.25, -0.2) is 56.2 Å². The van der Waals surface area contributed by atoms with Crippen molar-refractivity contribution in [2.75, 3.05) is 26.4 Å². The van der Waals surface area contributed by atoms with Gasteiger partial charge in [-0.05, 0) is 49.9 Å². The summed E-state index contributed by atoms with van der Waals surface area (Å²) in [5.41, 5.74) is 6.28. The fourth-order valence-corrected chi connectivity index (χ4v) is 6.93. The number of aryl methyl sites for hydroxylation is 4. The van der Waals surface area contributed by atoms with Crippen LogP contribution in [0.4, 0.5) is 0 Å². The molecule has 316 valence electrons. The molecule has 14 heteroatoms. The molecule has 0 spiro atoms. The Hall–Kier alpha value is -6.38. The van der Waals surface area contributed by atoms with Crippen molar-refractivity contribution in [2.45, 2.75) is 52.6 Å². The number of aromatic nitrogens is 6. The van der Waals surface area contributed by atoms with Crippen molar-refractivity contribution in [2.24, 2.45) is 28.2 Å². The Labute approximate surface area is 347 Å². The molecule has 2 heterocycles. The lowest BCUT2D eigenvalue weighted by Gasteiger charge is -2.30. The van der Waals surface area contributed by atoms with Gasteiger partial charge in [-0.3, -0.25) is 0 Å². The monoisotopic (exact) mass is 818 g/mol. The van der Waals surface area contributed by atoms with Crippen molar-refractivity contribution >= 4 is 0 Å². The van der Waals surface area contributed by atoms with E-state index in [1.165, 1.54) is 72.7 Å². The average molecular weight is 819 g/mol. The average Bonchev–Trinajstić information content (AvgIpc) is 3.25. The van der Waals surface area contributed by atoms with Crippen LogP contribution in [0.3, 0.4) is 0 Å². The van der Waals surface area contributed by atoms with E-state index in [9.17, 15) is 28.8 Å². The van der Waals surface area contributed by atoms with Crippen LogP contribution in [-0.2, 0) is 50.8 Å². The van der Waals surface area contributed by atoms with Crippen LogP contribution in [0, 0.1) is 27.7 Å². The fraction of sp³-hybridized carbons (Fsp3) is 0.348. The summed E-state index contributed by atoms with van der Waals surface area (Å²) in [6, 6.07) is 36.3. The van der Waals surface area contributed by atoms with Gasteiger partial charge in [0.15, 0.2) is 0 Å². The molecule has 0 fully saturated rings. The Morgan fingerprint density at radius 1 is 0.350 bits per heavy atom. The SMILES string of the molecule is Cc1ccc(C(c2ccc(C)cc2)C(c2ccc(C)cc2)c2ccc(C)cc2)cc1.Cn1c(=O)n(C)c(=O)n(CCOCCOCCn2c(=O)n(C)c(=O)n(C)c2=O)c1=O. The maximum atomic E-state index is 12.0. The molecule has 14 nitrogen and oxygen atoms in total. The van der Waals surface area contributed by atoms with Crippen LogP contribution in [-0.4, -0.2) is 53.8 Å². The predicted octanol–water partition coefficient (Wildman–Crippen LogP) is 3.42. The first-order valence-corrected chi connectivity index (χ1v) is 19.8. The lowest BCUT2D eigenvalue weighted by atomic mass is 9.73. The molecule has 60 heavy (non-hydrogen) atoms. The second-order valence-electron chi connectivity index (χ2n) is 15.1. The normalized spacial score (nSPS) is 11.2. The molecule has 0 saturated carbocycles. The Balaban J connectivity index is 0.000000228. The summed E-state index contributed by atoms with van der Waals surface area (Å²) in [6.45, 7) is 8.90. The molecule has 0 amide bonds. The van der Waals surface area contributed by atoms with Gasteiger partial charge in [0.05, 0.1) is 39.5 Å². The molecule has 2 aromatic heterocycles. The van der Waals surface area contributed by atoms with Gasteiger partial charge in [-0.1, -0.05) is 119 Å². The minimum atomic E-state index is -0.729. The minimum absolute atomic E-state index is 0.0386. The van der Waals surface area contributed by atoms with Crippen molar-refractivity contribution in [3.63, 3.8) is 0 Å². The van der Waals surface area contributed by atoms with E-state index < -0.39 is 34.1 Å². The molecule has 0 atom stereocenters. The highest BCUT2D eigenvalue weighted by atomic mass is 16.5. The third kappa shape index (κ3) is 10.4. The molecule has 0 bridgehead atoms. The first kappa shape index (κ1) is 44.7. The van der Waals surface area contributed by atoms with Crippen molar-refractivity contribution < 1.29 is 9.47 Å². The van der Waals surface area contributed by atoms with Crippen LogP contribution in [0.1, 0.15) is 56.3 Å². The van der Waals surface area contributed by atoms with Gasteiger partial charge >= 0.3 is 34.1 Å². The molecule has 6 rings (SSSR count). The van der Waals surface area contributed by atoms with E-state index in [0.29, 0.717) is 0 Å². The number of hydrogen-bond acceptors (Lipinski definition) is 8. The highest BCUT2D eigenvalue weighted by Gasteiger charge is 2.28. The van der Waals surface area contributed by atoms with Gasteiger partial charge in [0.25, 0.3) is 0 Å². The van der Waals surface area contributed by atoms with Crippen molar-refractivity contribution in [3.05, 3.63) is 204 Å². The van der Waals surface area contributed by atoms with E-state index in [4.69, 9.17) is 9.47 Å². The standard InChI is InChI=1S/C30H30.C16H24N6O8/c1-21-5-13-25(14-6-21)29(26-15-7-22(2)8-16-26)30(27-17-9-23(3)10-18-27)28-19-11-24(4)12-20-28;1-17-11(23)18(2)14(26)21(13(17)25)5-7-29-9-10-30-8-6-22-15(27)19(3)12(24)20(4)16(22)28/h5-20,29-30H,1-4H3;5-10H2,1-4H3. The molecule has 4 aromatic carbocycles. The van der Waals surface area contributed by atoms with Gasteiger partial charge in [-0.15, -0.1) is 0 Å². The maximum absolute atomic E-state index is 12.0. The third-order valence-electron chi connectivity index (χ3n) is 10.6. The van der Waals surface area contributed by atoms with Crippen molar-refractivity contribution in [3.8, 4) is 0 Å². The fourth-order valence-electron chi connectivity index (χ4n) is 6.93. The second kappa shape index (κ2) is 20.1. The zero-order valence-corrected chi connectivity index (χ0v) is 35.6. The van der Waals surface area contributed by atoms with Gasteiger partial charge < -0.3 is 9.47 Å². The number of rotatable bonds is 14. The van der Waals surface area contributed by atoms with Gasteiger partial charge in [-0.2, -0.15) is 0 Å². The van der Waals surface area contributed by atoms with E-state index in [2.05, 4.69) is 125 Å². The van der Waals surface area contributed by atoms with Crippen LogP contribution in [0.25, 0.3) is 0 Å². The van der Waals surface area contributed by atoms with E-state index in [0.717, 1.165) is 27.4 Å². The Kier molecular flexibility index (Phi) is 14.9. The minimum Gasteiger partial charge on any atom is -0.377 e. The molecule has 0 N–H and O–H groups in total. The molecule has 6 aromatic rings. The van der Waals surface area contributed by atoms with Gasteiger partial charge in [0.2, 0.25) is 0 Å². The van der Waals surface area contributed by atoms with E-state index in [-0.39, 0.29) is 51.4 Å². The summed E-state index contributed by atoms with van der Waals surface area (Å²) < 4.78 is 15.7. The smallest absolute Gasteiger partial charge is 0.336 e. The molecular weight excluding hydrogens is 765 g/mol. The molecule has 0 unspecified atom stereocenters. The van der Waals surface area contributed by atoms with Gasteiger partial charge in [0, 0.05) is 40.0 Å². The summed E-state index contributed by atoms with van der Waals surface area (Å²) >= 11 is 0. The van der Waals surface area contributed by atoms with Crippen molar-refractivity contribution in [1.82, 2.24) is 27.4 Å². The Bertz CT molecular complexity index is 2390. The summed E-state index contributed by atoms with van der Waals surface area (Å²) in [5.74, 6) is 0.494. The first-order valence-electron chi connectivity index (χ1n) is 19.8. The van der Waals surface area contributed by atoms with Crippen molar-refractivity contribution in [1.29, 1.82) is 0 Å². The van der Waals surface area contributed by atoms with Crippen LogP contribution in [0.15, 0.2) is 126 Å². The summed E-state index contributed by atoms with van der Waals surface area (Å²) in [4.78, 5) is 71.2. The highest BCUT2D eigenvalue weighted by molar-refractivity contribution is 5.46. The third-order valence-corrected chi connectivity index (χ3v) is 10.6. The van der Waals surface area contributed by atoms with Crippen LogP contribution >= 0.6 is 0 Å². The topological polar surface area (TPSA) is 150 Å². The first-order chi connectivity index (χ1) is 28.6. The second-order valence-corrected chi connectivity index (χ2v) is 15.1. The summed E-state index contributed by atoms with van der Waals surface area (Å²) in [7, 11) is 5.11. The Morgan fingerprint density at radius 2 is 0.567 bits per heavy atom.